The number of hydrogen-bond donors (Lipinski definition) is 1. The number of carbonyl (C=O) groups excluding carboxylic acids is 2. The Balaban J connectivity index is 1.48. The molecule has 3 heterocycles. The molecule has 0 spiro atoms. The number of benzene rings is 1. The van der Waals surface area contributed by atoms with Crippen molar-refractivity contribution in [3.05, 3.63) is 53.1 Å². The van der Waals surface area contributed by atoms with Gasteiger partial charge in [0.15, 0.2) is 0 Å². The normalized spacial score (nSPS) is 16.3. The van der Waals surface area contributed by atoms with Crippen molar-refractivity contribution in [2.75, 3.05) is 25.0 Å². The number of fused-ring (bicyclic) bond motifs is 1. The van der Waals surface area contributed by atoms with Crippen LogP contribution < -0.4 is 11.0 Å². The molecule has 1 aromatic carbocycles. The van der Waals surface area contributed by atoms with Crippen LogP contribution in [0.15, 0.2) is 47.4 Å². The minimum atomic E-state index is -0.443. The third kappa shape index (κ3) is 4.57. The fourth-order valence-corrected chi connectivity index (χ4v) is 3.63. The van der Waals surface area contributed by atoms with Crippen LogP contribution in [0.3, 0.4) is 0 Å². The van der Waals surface area contributed by atoms with Gasteiger partial charge in [0.25, 0.3) is 5.78 Å². The Morgan fingerprint density at radius 2 is 2.03 bits per heavy atom. The van der Waals surface area contributed by atoms with E-state index in [-0.39, 0.29) is 30.1 Å². The molecule has 31 heavy (non-hydrogen) atoms. The second-order valence-corrected chi connectivity index (χ2v) is 7.34. The molecule has 0 aliphatic carbocycles. The van der Waals surface area contributed by atoms with Gasteiger partial charge in [-0.2, -0.15) is 4.98 Å². The molecule has 2 aromatic heterocycles. The Kier molecular flexibility index (Phi) is 5.96. The molecule has 1 unspecified atom stereocenters. The van der Waals surface area contributed by atoms with E-state index in [1.54, 1.807) is 24.1 Å². The Hall–Kier alpha value is -3.69. The van der Waals surface area contributed by atoms with Crippen molar-refractivity contribution >= 4 is 29.2 Å². The molecule has 0 radical (unpaired) electrons. The molecule has 10 heteroatoms. The molecule has 1 fully saturated rings. The van der Waals surface area contributed by atoms with E-state index < -0.39 is 5.69 Å². The van der Waals surface area contributed by atoms with Gasteiger partial charge in [0.05, 0.1) is 12.5 Å². The third-order valence-corrected chi connectivity index (χ3v) is 5.18. The van der Waals surface area contributed by atoms with Crippen LogP contribution in [-0.2, 0) is 20.9 Å². The number of para-hydroxylation sites is 1. The van der Waals surface area contributed by atoms with E-state index in [2.05, 4.69) is 15.4 Å². The van der Waals surface area contributed by atoms with Crippen molar-refractivity contribution in [1.82, 2.24) is 24.1 Å². The van der Waals surface area contributed by atoms with Crippen molar-refractivity contribution in [2.24, 2.45) is 5.92 Å². The molecule has 0 saturated carbocycles. The lowest BCUT2D eigenvalue weighted by Gasteiger charge is -2.31. The standard InChI is InChI=1S/C21H24N6O4/c1-2-31-19(29)15-7-6-11-25(13-15)18(28)14-27-21(30)26-12-10-17(23-20(26)24-27)22-16-8-4-3-5-9-16/h3-5,8-10,12,15H,2,6-7,11,13-14H2,1H3,(H,22,23,24). The number of anilines is 2. The van der Waals surface area contributed by atoms with E-state index in [0.717, 1.165) is 10.4 Å². The zero-order valence-electron chi connectivity index (χ0n) is 17.2. The molecule has 1 atom stereocenters. The summed E-state index contributed by atoms with van der Waals surface area (Å²) >= 11 is 0. The molecular formula is C21H24N6O4. The van der Waals surface area contributed by atoms with Gasteiger partial charge in [-0.1, -0.05) is 18.2 Å². The molecule has 3 aromatic rings. The number of hydrogen-bond acceptors (Lipinski definition) is 7. The van der Waals surface area contributed by atoms with E-state index in [1.807, 2.05) is 30.3 Å². The molecule has 1 aliphatic heterocycles. The van der Waals surface area contributed by atoms with E-state index >= 15 is 0 Å². The zero-order chi connectivity index (χ0) is 21.8. The number of carbonyl (C=O) groups is 2. The molecule has 10 nitrogen and oxygen atoms in total. The fraction of sp³-hybridized carbons (Fsp3) is 0.381. The first-order chi connectivity index (χ1) is 15.0. The number of likely N-dealkylation sites (tertiary alicyclic amines) is 1. The fourth-order valence-electron chi connectivity index (χ4n) is 3.63. The first kappa shape index (κ1) is 20.6. The lowest BCUT2D eigenvalue weighted by Crippen LogP contribution is -2.45. The van der Waals surface area contributed by atoms with Crippen LogP contribution in [0.4, 0.5) is 11.5 Å². The predicted molar refractivity (Wildman–Crippen MR) is 113 cm³/mol. The Labute approximate surface area is 178 Å². The number of nitrogens with zero attached hydrogens (tertiary/aromatic N) is 5. The minimum absolute atomic E-state index is 0.196. The lowest BCUT2D eigenvalue weighted by molar-refractivity contribution is -0.151. The summed E-state index contributed by atoms with van der Waals surface area (Å²) in [6.45, 7) is 2.70. The van der Waals surface area contributed by atoms with E-state index in [1.165, 1.54) is 4.40 Å². The average molecular weight is 424 g/mol. The number of ether oxygens (including phenoxy) is 1. The van der Waals surface area contributed by atoms with Crippen LogP contribution in [0.5, 0.6) is 0 Å². The van der Waals surface area contributed by atoms with Gasteiger partial charge in [0, 0.05) is 25.0 Å². The maximum Gasteiger partial charge on any atom is 0.352 e. The molecule has 1 amide bonds. The monoisotopic (exact) mass is 424 g/mol. The van der Waals surface area contributed by atoms with Crippen LogP contribution in [0.1, 0.15) is 19.8 Å². The van der Waals surface area contributed by atoms with Crippen LogP contribution >= 0.6 is 0 Å². The maximum absolute atomic E-state index is 12.8. The van der Waals surface area contributed by atoms with Gasteiger partial charge in [0.2, 0.25) is 5.91 Å². The second kappa shape index (κ2) is 8.99. The van der Waals surface area contributed by atoms with Gasteiger partial charge in [-0.05, 0) is 38.0 Å². The summed E-state index contributed by atoms with van der Waals surface area (Å²) in [5.74, 6) is -0.143. The molecular weight excluding hydrogens is 400 g/mol. The number of nitrogens with one attached hydrogen (secondary N) is 1. The number of rotatable bonds is 6. The molecule has 1 saturated heterocycles. The maximum atomic E-state index is 12.8. The molecule has 4 rings (SSSR count). The first-order valence-corrected chi connectivity index (χ1v) is 10.3. The van der Waals surface area contributed by atoms with Gasteiger partial charge in [-0.25, -0.2) is 13.9 Å². The van der Waals surface area contributed by atoms with Crippen LogP contribution in [0.25, 0.3) is 5.78 Å². The van der Waals surface area contributed by atoms with Gasteiger partial charge in [-0.3, -0.25) is 9.59 Å². The highest BCUT2D eigenvalue weighted by Crippen LogP contribution is 2.18. The van der Waals surface area contributed by atoms with Gasteiger partial charge in [0.1, 0.15) is 12.4 Å². The Bertz CT molecular complexity index is 1140. The number of piperidine rings is 1. The van der Waals surface area contributed by atoms with Gasteiger partial charge in [-0.15, -0.1) is 5.10 Å². The van der Waals surface area contributed by atoms with Crippen molar-refractivity contribution in [1.29, 1.82) is 0 Å². The minimum Gasteiger partial charge on any atom is -0.466 e. The third-order valence-electron chi connectivity index (χ3n) is 5.18. The van der Waals surface area contributed by atoms with Crippen molar-refractivity contribution in [2.45, 2.75) is 26.3 Å². The zero-order valence-corrected chi connectivity index (χ0v) is 17.2. The summed E-state index contributed by atoms with van der Waals surface area (Å²) in [5.41, 5.74) is 0.415. The Morgan fingerprint density at radius 3 is 2.81 bits per heavy atom. The van der Waals surface area contributed by atoms with Gasteiger partial charge < -0.3 is 15.0 Å². The molecule has 1 N–H and O–H groups in total. The first-order valence-electron chi connectivity index (χ1n) is 10.3. The second-order valence-electron chi connectivity index (χ2n) is 7.34. The summed E-state index contributed by atoms with van der Waals surface area (Å²) in [5, 5.41) is 7.36. The average Bonchev–Trinajstić information content (AvgIpc) is 3.09. The quantitative estimate of drug-likeness (QED) is 0.596. The number of esters is 1. The summed E-state index contributed by atoms with van der Waals surface area (Å²) in [4.78, 5) is 43.4. The highest BCUT2D eigenvalue weighted by molar-refractivity contribution is 5.78. The highest BCUT2D eigenvalue weighted by atomic mass is 16.5. The largest absolute Gasteiger partial charge is 0.466 e. The summed E-state index contributed by atoms with van der Waals surface area (Å²) in [7, 11) is 0. The van der Waals surface area contributed by atoms with E-state index in [4.69, 9.17) is 4.74 Å². The van der Waals surface area contributed by atoms with E-state index in [9.17, 15) is 14.4 Å². The number of amides is 1. The Morgan fingerprint density at radius 1 is 1.23 bits per heavy atom. The van der Waals surface area contributed by atoms with Crippen LogP contribution in [-0.4, -0.2) is 55.6 Å². The topological polar surface area (TPSA) is 111 Å². The molecule has 0 bridgehead atoms. The highest BCUT2D eigenvalue weighted by Gasteiger charge is 2.29. The SMILES string of the molecule is CCOC(=O)C1CCCN(C(=O)Cn2nc3nc(Nc4ccccc4)ccn3c2=O)C1. The van der Waals surface area contributed by atoms with Crippen molar-refractivity contribution in [3.8, 4) is 0 Å². The van der Waals surface area contributed by atoms with Crippen molar-refractivity contribution < 1.29 is 14.3 Å². The summed E-state index contributed by atoms with van der Waals surface area (Å²) in [6.07, 6.45) is 2.98. The van der Waals surface area contributed by atoms with E-state index in [0.29, 0.717) is 38.4 Å². The van der Waals surface area contributed by atoms with Crippen molar-refractivity contribution in [3.63, 3.8) is 0 Å². The summed E-state index contributed by atoms with van der Waals surface area (Å²) < 4.78 is 7.47. The predicted octanol–water partition coefficient (Wildman–Crippen LogP) is 1.44. The smallest absolute Gasteiger partial charge is 0.352 e. The lowest BCUT2D eigenvalue weighted by atomic mass is 9.98. The van der Waals surface area contributed by atoms with Crippen LogP contribution in [0.2, 0.25) is 0 Å². The van der Waals surface area contributed by atoms with Gasteiger partial charge >= 0.3 is 11.7 Å². The van der Waals surface area contributed by atoms with Crippen LogP contribution in [0, 0.1) is 5.92 Å². The number of aromatic nitrogens is 4. The molecule has 1 aliphatic rings. The summed E-state index contributed by atoms with van der Waals surface area (Å²) in [6, 6.07) is 11.2. The molecule has 162 valence electrons.